The van der Waals surface area contributed by atoms with E-state index in [2.05, 4.69) is 5.32 Å². The summed E-state index contributed by atoms with van der Waals surface area (Å²) in [6, 6.07) is 14.1. The molecule has 3 aromatic rings. The van der Waals surface area contributed by atoms with E-state index < -0.39 is 23.2 Å². The summed E-state index contributed by atoms with van der Waals surface area (Å²) in [4.78, 5) is 24.7. The number of ether oxygens (including phenoxy) is 1. The molecule has 1 N–H and O–H groups in total. The fourth-order valence-electron chi connectivity index (χ4n) is 2.77. The molecule has 0 saturated carbocycles. The minimum absolute atomic E-state index is 0.0987. The Balaban J connectivity index is 1.85. The van der Waals surface area contributed by atoms with Crippen molar-refractivity contribution < 1.29 is 22.7 Å². The highest BCUT2D eigenvalue weighted by Crippen LogP contribution is 2.29. The first-order chi connectivity index (χ1) is 13.8. The summed E-state index contributed by atoms with van der Waals surface area (Å²) < 4.78 is 45.0. The van der Waals surface area contributed by atoms with E-state index in [1.165, 1.54) is 42.1 Å². The number of para-hydroxylation sites is 2. The number of carbonyl (C=O) groups is 1. The van der Waals surface area contributed by atoms with Gasteiger partial charge in [0.2, 0.25) is 0 Å². The highest BCUT2D eigenvalue weighted by molar-refractivity contribution is 6.04. The van der Waals surface area contributed by atoms with E-state index in [0.29, 0.717) is 17.0 Å². The molecule has 0 spiro atoms. The van der Waals surface area contributed by atoms with Crippen molar-refractivity contribution in [1.29, 1.82) is 0 Å². The second-order valence-electron chi connectivity index (χ2n) is 6.24. The normalized spacial score (nSPS) is 11.2. The van der Waals surface area contributed by atoms with Crippen molar-refractivity contribution >= 4 is 11.6 Å². The lowest BCUT2D eigenvalue weighted by Gasteiger charge is -2.12. The Morgan fingerprint density at radius 1 is 1.07 bits per heavy atom. The standard InChI is InChI=1S/C21H17F3N2O3/c1-29-18-8-3-2-7-17(18)25-20(28)15-9-10-19(27)26(13-15)12-14-5-4-6-16(11-14)21(22,23)24/h2-11,13H,12H2,1H3,(H,25,28). The number of nitrogens with one attached hydrogen (secondary N) is 1. The van der Waals surface area contributed by atoms with Crippen molar-refractivity contribution in [2.45, 2.75) is 12.7 Å². The Hall–Kier alpha value is -3.55. The fourth-order valence-corrected chi connectivity index (χ4v) is 2.77. The number of rotatable bonds is 5. The minimum Gasteiger partial charge on any atom is -0.495 e. The van der Waals surface area contributed by atoms with Gasteiger partial charge in [0.05, 0.1) is 30.5 Å². The summed E-state index contributed by atoms with van der Waals surface area (Å²) in [5.74, 6) is -0.00886. The SMILES string of the molecule is COc1ccccc1NC(=O)c1ccc(=O)n(Cc2cccc(C(F)(F)F)c2)c1. The van der Waals surface area contributed by atoms with Gasteiger partial charge in [0.1, 0.15) is 5.75 Å². The molecular formula is C21H17F3N2O3. The van der Waals surface area contributed by atoms with Crippen LogP contribution in [0, 0.1) is 0 Å². The zero-order valence-corrected chi connectivity index (χ0v) is 15.4. The van der Waals surface area contributed by atoms with E-state index in [0.717, 1.165) is 12.1 Å². The molecule has 0 saturated heterocycles. The van der Waals surface area contributed by atoms with Crippen LogP contribution < -0.4 is 15.6 Å². The topological polar surface area (TPSA) is 60.3 Å². The van der Waals surface area contributed by atoms with Crippen molar-refractivity contribution in [1.82, 2.24) is 4.57 Å². The molecule has 5 nitrogen and oxygen atoms in total. The number of nitrogens with zero attached hydrogens (tertiary/aromatic N) is 1. The molecule has 2 aromatic carbocycles. The third kappa shape index (κ3) is 4.84. The van der Waals surface area contributed by atoms with Gasteiger partial charge in [0.15, 0.2) is 0 Å². The predicted octanol–water partition coefficient (Wildman–Crippen LogP) is 4.18. The van der Waals surface area contributed by atoms with Crippen molar-refractivity contribution in [2.75, 3.05) is 12.4 Å². The lowest BCUT2D eigenvalue weighted by atomic mass is 10.1. The summed E-state index contributed by atoms with van der Waals surface area (Å²) in [5.41, 5.74) is -0.299. The maximum absolute atomic E-state index is 12.9. The lowest BCUT2D eigenvalue weighted by molar-refractivity contribution is -0.137. The summed E-state index contributed by atoms with van der Waals surface area (Å²) in [6.45, 7) is -0.0987. The van der Waals surface area contributed by atoms with Crippen LogP contribution in [-0.4, -0.2) is 17.6 Å². The number of hydrogen-bond donors (Lipinski definition) is 1. The molecule has 1 aromatic heterocycles. The molecule has 29 heavy (non-hydrogen) atoms. The van der Waals surface area contributed by atoms with Gasteiger partial charge in [0.25, 0.3) is 11.5 Å². The van der Waals surface area contributed by atoms with Gasteiger partial charge in [0, 0.05) is 12.3 Å². The van der Waals surface area contributed by atoms with Crippen molar-refractivity contribution in [3.05, 3.63) is 93.9 Å². The molecule has 0 atom stereocenters. The first-order valence-electron chi connectivity index (χ1n) is 8.59. The fraction of sp³-hybridized carbons (Fsp3) is 0.143. The van der Waals surface area contributed by atoms with Crippen LogP contribution in [0.25, 0.3) is 0 Å². The minimum atomic E-state index is -4.47. The van der Waals surface area contributed by atoms with Crippen LogP contribution in [0.2, 0.25) is 0 Å². The number of alkyl halides is 3. The van der Waals surface area contributed by atoms with E-state index >= 15 is 0 Å². The summed E-state index contributed by atoms with van der Waals surface area (Å²) in [7, 11) is 1.47. The van der Waals surface area contributed by atoms with Gasteiger partial charge in [-0.3, -0.25) is 9.59 Å². The largest absolute Gasteiger partial charge is 0.495 e. The van der Waals surface area contributed by atoms with Crippen LogP contribution >= 0.6 is 0 Å². The molecule has 0 radical (unpaired) electrons. The summed E-state index contributed by atoms with van der Waals surface area (Å²) >= 11 is 0. The van der Waals surface area contributed by atoms with Crippen LogP contribution in [0.5, 0.6) is 5.75 Å². The van der Waals surface area contributed by atoms with E-state index in [1.54, 1.807) is 24.3 Å². The zero-order valence-electron chi connectivity index (χ0n) is 15.4. The number of hydrogen-bond acceptors (Lipinski definition) is 3. The van der Waals surface area contributed by atoms with Crippen molar-refractivity contribution in [3.63, 3.8) is 0 Å². The number of aromatic nitrogens is 1. The maximum atomic E-state index is 12.9. The Bertz CT molecular complexity index is 1090. The number of amides is 1. The number of carbonyl (C=O) groups excluding carboxylic acids is 1. The second kappa shape index (κ2) is 8.22. The van der Waals surface area contributed by atoms with Crippen LogP contribution in [0.3, 0.4) is 0 Å². The first-order valence-corrected chi connectivity index (χ1v) is 8.59. The van der Waals surface area contributed by atoms with Gasteiger partial charge < -0.3 is 14.6 Å². The summed E-state index contributed by atoms with van der Waals surface area (Å²) in [5, 5.41) is 2.69. The zero-order chi connectivity index (χ0) is 21.0. The molecule has 0 unspecified atom stereocenters. The Morgan fingerprint density at radius 2 is 1.83 bits per heavy atom. The van der Waals surface area contributed by atoms with E-state index in [1.807, 2.05) is 0 Å². The predicted molar refractivity (Wildman–Crippen MR) is 102 cm³/mol. The van der Waals surface area contributed by atoms with Gasteiger partial charge in [-0.05, 0) is 35.9 Å². The molecular weight excluding hydrogens is 385 g/mol. The average molecular weight is 402 g/mol. The smallest absolute Gasteiger partial charge is 0.416 e. The number of benzene rings is 2. The van der Waals surface area contributed by atoms with Crippen LogP contribution in [-0.2, 0) is 12.7 Å². The van der Waals surface area contributed by atoms with Crippen LogP contribution in [0.15, 0.2) is 71.7 Å². The molecule has 0 aliphatic heterocycles. The first kappa shape index (κ1) is 20.2. The van der Waals surface area contributed by atoms with Crippen molar-refractivity contribution in [3.8, 4) is 5.75 Å². The third-order valence-electron chi connectivity index (χ3n) is 4.21. The van der Waals surface area contributed by atoms with E-state index in [4.69, 9.17) is 4.74 Å². The molecule has 0 fully saturated rings. The molecule has 0 aliphatic carbocycles. The highest BCUT2D eigenvalue weighted by Gasteiger charge is 2.30. The van der Waals surface area contributed by atoms with Gasteiger partial charge in [-0.15, -0.1) is 0 Å². The van der Waals surface area contributed by atoms with E-state index in [-0.39, 0.29) is 12.1 Å². The van der Waals surface area contributed by atoms with Crippen molar-refractivity contribution in [2.24, 2.45) is 0 Å². The monoisotopic (exact) mass is 402 g/mol. The second-order valence-corrected chi connectivity index (χ2v) is 6.24. The summed E-state index contributed by atoms with van der Waals surface area (Å²) in [6.07, 6.45) is -3.16. The Labute approximate surface area is 164 Å². The van der Waals surface area contributed by atoms with Gasteiger partial charge in [-0.2, -0.15) is 13.2 Å². The number of pyridine rings is 1. The molecule has 3 rings (SSSR count). The highest BCUT2D eigenvalue weighted by atomic mass is 19.4. The van der Waals surface area contributed by atoms with Gasteiger partial charge >= 0.3 is 6.18 Å². The number of halogens is 3. The quantitative estimate of drug-likeness (QED) is 0.697. The molecule has 150 valence electrons. The Kier molecular flexibility index (Phi) is 5.72. The van der Waals surface area contributed by atoms with Gasteiger partial charge in [-0.25, -0.2) is 0 Å². The number of methoxy groups -OCH3 is 1. The maximum Gasteiger partial charge on any atom is 0.416 e. The third-order valence-corrected chi connectivity index (χ3v) is 4.21. The number of anilines is 1. The average Bonchev–Trinajstić information content (AvgIpc) is 2.69. The van der Waals surface area contributed by atoms with Crippen LogP contribution in [0.1, 0.15) is 21.5 Å². The molecule has 1 amide bonds. The molecule has 1 heterocycles. The molecule has 0 bridgehead atoms. The van der Waals surface area contributed by atoms with Gasteiger partial charge in [-0.1, -0.05) is 24.3 Å². The van der Waals surface area contributed by atoms with Crippen LogP contribution in [0.4, 0.5) is 18.9 Å². The Morgan fingerprint density at radius 3 is 2.55 bits per heavy atom. The lowest BCUT2D eigenvalue weighted by Crippen LogP contribution is -2.22. The van der Waals surface area contributed by atoms with E-state index in [9.17, 15) is 22.8 Å². The molecule has 8 heteroatoms. The molecule has 0 aliphatic rings.